The van der Waals surface area contributed by atoms with Gasteiger partial charge in [0, 0.05) is 11.6 Å². The molecule has 0 aliphatic heterocycles. The molecule has 5 aromatic rings. The zero-order valence-electron chi connectivity index (χ0n) is 23.2. The van der Waals surface area contributed by atoms with Gasteiger partial charge in [-0.15, -0.1) is 0 Å². The van der Waals surface area contributed by atoms with Gasteiger partial charge in [0.2, 0.25) is 0 Å². The summed E-state index contributed by atoms with van der Waals surface area (Å²) < 4.78 is 43.9. The molecule has 1 amide bonds. The summed E-state index contributed by atoms with van der Waals surface area (Å²) in [5, 5.41) is 18.4. The maximum absolute atomic E-state index is 13.1. The van der Waals surface area contributed by atoms with Gasteiger partial charge in [0.15, 0.2) is 18.1 Å². The Hall–Kier alpha value is -4.85. The van der Waals surface area contributed by atoms with Gasteiger partial charge in [-0.05, 0) is 47.7 Å². The Morgan fingerprint density at radius 1 is 1.05 bits per heavy atom. The standard InChI is InChI=1S/C29H25F3N6O4S/c1-4-28(2,3)18-7-5-17(6-8-18)24-34-25(36-27(39)22-13-14-23(43-22)38(40)41)21-15-33-37(26(21)35-24)19-9-11-20(12-10-19)42-16-29(30,31)32/h5-15H,4,16H2,1-3H3,(H,34,35,36,39). The van der Waals surface area contributed by atoms with Gasteiger partial charge >= 0.3 is 11.2 Å². The summed E-state index contributed by atoms with van der Waals surface area (Å²) in [6.07, 6.45) is -2.08. The molecule has 0 saturated heterocycles. The van der Waals surface area contributed by atoms with Crippen LogP contribution < -0.4 is 10.1 Å². The van der Waals surface area contributed by atoms with E-state index >= 15 is 0 Å². The molecule has 5 rings (SSSR count). The second-order valence-electron chi connectivity index (χ2n) is 10.3. The number of fused-ring (bicyclic) bond motifs is 1. The third kappa shape index (κ3) is 6.48. The molecule has 2 aromatic carbocycles. The highest BCUT2D eigenvalue weighted by atomic mass is 32.1. The van der Waals surface area contributed by atoms with E-state index in [0.717, 1.165) is 23.3 Å². The second-order valence-corrected chi connectivity index (χ2v) is 11.3. The highest BCUT2D eigenvalue weighted by Gasteiger charge is 2.28. The van der Waals surface area contributed by atoms with Gasteiger partial charge in [-0.2, -0.15) is 18.3 Å². The molecule has 3 aromatic heterocycles. The van der Waals surface area contributed by atoms with E-state index in [0.29, 0.717) is 22.3 Å². The SMILES string of the molecule is CCC(C)(C)c1ccc(-c2nc(NC(=O)c3ccc([N+](=O)[O-])s3)c3cnn(-c4ccc(OCC(F)(F)F)cc4)c3n2)cc1. The molecule has 0 aliphatic rings. The Bertz CT molecular complexity index is 1800. The van der Waals surface area contributed by atoms with E-state index in [9.17, 15) is 28.1 Å². The lowest BCUT2D eigenvalue weighted by atomic mass is 9.82. The number of hydrogen-bond acceptors (Lipinski definition) is 8. The number of carbonyl (C=O) groups is 1. The number of anilines is 1. The lowest BCUT2D eigenvalue weighted by Gasteiger charge is -2.23. The van der Waals surface area contributed by atoms with Crippen molar-refractivity contribution in [2.45, 2.75) is 38.8 Å². The number of aromatic nitrogens is 4. The fourth-order valence-corrected chi connectivity index (χ4v) is 4.88. The third-order valence-corrected chi connectivity index (χ3v) is 7.98. The van der Waals surface area contributed by atoms with Crippen molar-refractivity contribution in [1.29, 1.82) is 0 Å². The molecular formula is C29H25F3N6O4S. The van der Waals surface area contributed by atoms with Crippen LogP contribution in [0.15, 0.2) is 66.9 Å². The Labute approximate surface area is 247 Å². The van der Waals surface area contributed by atoms with Crippen molar-refractivity contribution in [2.75, 3.05) is 11.9 Å². The first-order chi connectivity index (χ1) is 20.3. The lowest BCUT2D eigenvalue weighted by molar-refractivity contribution is -0.380. The van der Waals surface area contributed by atoms with E-state index in [1.165, 1.54) is 47.3 Å². The van der Waals surface area contributed by atoms with E-state index in [2.05, 4.69) is 36.2 Å². The van der Waals surface area contributed by atoms with Crippen LogP contribution in [0.1, 0.15) is 42.4 Å². The molecule has 0 saturated carbocycles. The van der Waals surface area contributed by atoms with Crippen LogP contribution in [0.4, 0.5) is 24.0 Å². The fraction of sp³-hybridized carbons (Fsp3) is 0.241. The molecule has 0 spiro atoms. The molecule has 0 bridgehead atoms. The number of carbonyl (C=O) groups excluding carboxylic acids is 1. The summed E-state index contributed by atoms with van der Waals surface area (Å²) in [6.45, 7) is 4.98. The van der Waals surface area contributed by atoms with Crippen LogP contribution in [0.3, 0.4) is 0 Å². The normalized spacial score (nSPS) is 12.0. The van der Waals surface area contributed by atoms with Crippen molar-refractivity contribution in [1.82, 2.24) is 19.7 Å². The van der Waals surface area contributed by atoms with Gasteiger partial charge in [-0.3, -0.25) is 14.9 Å². The molecule has 1 N–H and O–H groups in total. The van der Waals surface area contributed by atoms with Crippen molar-refractivity contribution in [3.05, 3.63) is 87.4 Å². The first-order valence-electron chi connectivity index (χ1n) is 13.1. The summed E-state index contributed by atoms with van der Waals surface area (Å²) in [5.74, 6) is -0.146. The average molecular weight is 611 g/mol. The summed E-state index contributed by atoms with van der Waals surface area (Å²) in [7, 11) is 0. The zero-order valence-corrected chi connectivity index (χ0v) is 24.0. The van der Waals surface area contributed by atoms with E-state index in [-0.39, 0.29) is 32.7 Å². The second kappa shape index (κ2) is 11.4. The Kier molecular flexibility index (Phi) is 7.88. The monoisotopic (exact) mass is 610 g/mol. The highest BCUT2D eigenvalue weighted by molar-refractivity contribution is 7.17. The molecular weight excluding hydrogens is 585 g/mol. The molecule has 222 valence electrons. The van der Waals surface area contributed by atoms with Crippen LogP contribution in [-0.2, 0) is 5.41 Å². The van der Waals surface area contributed by atoms with Crippen LogP contribution in [0.5, 0.6) is 5.75 Å². The van der Waals surface area contributed by atoms with Gasteiger partial charge in [-0.1, -0.05) is 56.4 Å². The van der Waals surface area contributed by atoms with E-state index < -0.39 is 23.6 Å². The number of nitrogens with zero attached hydrogens (tertiary/aromatic N) is 5. The maximum Gasteiger partial charge on any atom is 0.422 e. The van der Waals surface area contributed by atoms with Crippen LogP contribution in [0, 0.1) is 10.1 Å². The van der Waals surface area contributed by atoms with Gasteiger partial charge < -0.3 is 10.1 Å². The number of halogens is 3. The Morgan fingerprint density at radius 3 is 2.35 bits per heavy atom. The molecule has 3 heterocycles. The minimum absolute atomic E-state index is 0.0286. The van der Waals surface area contributed by atoms with Crippen molar-refractivity contribution >= 4 is 39.1 Å². The topological polar surface area (TPSA) is 125 Å². The van der Waals surface area contributed by atoms with Gasteiger partial charge in [0.25, 0.3) is 5.91 Å². The number of nitro groups is 1. The zero-order chi connectivity index (χ0) is 30.9. The Morgan fingerprint density at radius 2 is 1.74 bits per heavy atom. The smallest absolute Gasteiger partial charge is 0.422 e. The summed E-state index contributed by atoms with van der Waals surface area (Å²) >= 11 is 0.731. The maximum atomic E-state index is 13.1. The number of amides is 1. The lowest BCUT2D eigenvalue weighted by Crippen LogP contribution is -2.19. The van der Waals surface area contributed by atoms with Crippen LogP contribution >= 0.6 is 11.3 Å². The minimum Gasteiger partial charge on any atom is -0.484 e. The van der Waals surface area contributed by atoms with Crippen molar-refractivity contribution in [2.24, 2.45) is 0 Å². The van der Waals surface area contributed by atoms with Crippen LogP contribution in [0.2, 0.25) is 0 Å². The first-order valence-corrected chi connectivity index (χ1v) is 13.9. The van der Waals surface area contributed by atoms with Crippen molar-refractivity contribution in [3.63, 3.8) is 0 Å². The molecule has 0 unspecified atom stereocenters. The Balaban J connectivity index is 1.56. The molecule has 0 fully saturated rings. The molecule has 0 atom stereocenters. The number of nitrogens with one attached hydrogen (secondary N) is 1. The number of alkyl halides is 3. The quantitative estimate of drug-likeness (QED) is 0.137. The van der Waals surface area contributed by atoms with Gasteiger partial charge in [0.05, 0.1) is 27.1 Å². The predicted molar refractivity (Wildman–Crippen MR) is 156 cm³/mol. The molecule has 43 heavy (non-hydrogen) atoms. The molecule has 0 radical (unpaired) electrons. The first kappa shape index (κ1) is 29.6. The van der Waals surface area contributed by atoms with Crippen LogP contribution in [-0.4, -0.2) is 43.4 Å². The summed E-state index contributed by atoms with van der Waals surface area (Å²) in [6, 6.07) is 16.2. The number of thiophene rings is 1. The average Bonchev–Trinajstić information content (AvgIpc) is 3.65. The van der Waals surface area contributed by atoms with Crippen molar-refractivity contribution in [3.8, 4) is 22.8 Å². The number of benzene rings is 2. The molecule has 0 aliphatic carbocycles. The number of hydrogen-bond donors (Lipinski definition) is 1. The summed E-state index contributed by atoms with van der Waals surface area (Å²) in [5.41, 5.74) is 2.55. The fourth-order valence-electron chi connectivity index (χ4n) is 4.16. The van der Waals surface area contributed by atoms with E-state index in [4.69, 9.17) is 9.72 Å². The minimum atomic E-state index is -4.47. The summed E-state index contributed by atoms with van der Waals surface area (Å²) in [4.78, 5) is 33.1. The molecule has 14 heteroatoms. The van der Waals surface area contributed by atoms with Crippen LogP contribution in [0.25, 0.3) is 28.1 Å². The van der Waals surface area contributed by atoms with E-state index in [1.807, 2.05) is 24.3 Å². The number of ether oxygens (including phenoxy) is 1. The largest absolute Gasteiger partial charge is 0.484 e. The van der Waals surface area contributed by atoms with Gasteiger partial charge in [0.1, 0.15) is 11.6 Å². The van der Waals surface area contributed by atoms with E-state index in [1.54, 1.807) is 0 Å². The molecule has 10 nitrogen and oxygen atoms in total. The van der Waals surface area contributed by atoms with Gasteiger partial charge in [-0.25, -0.2) is 14.6 Å². The number of rotatable bonds is 9. The third-order valence-electron chi connectivity index (χ3n) is 6.95. The predicted octanol–water partition coefficient (Wildman–Crippen LogP) is 7.33. The van der Waals surface area contributed by atoms with Crippen molar-refractivity contribution < 1.29 is 27.6 Å². The highest BCUT2D eigenvalue weighted by Crippen LogP contribution is 2.32.